The van der Waals surface area contributed by atoms with Crippen molar-refractivity contribution in [1.82, 2.24) is 5.32 Å². The molecule has 1 aromatic heterocycles. The molecule has 0 radical (unpaired) electrons. The van der Waals surface area contributed by atoms with Crippen LogP contribution in [0, 0.1) is 0 Å². The molecule has 0 saturated carbocycles. The molecule has 29 heavy (non-hydrogen) atoms. The quantitative estimate of drug-likeness (QED) is 0.584. The minimum Gasteiger partial charge on any atom is -0.438 e. The number of ether oxygens (including phenoxy) is 1. The van der Waals surface area contributed by atoms with E-state index in [1.165, 1.54) is 0 Å². The number of nitrogens with one attached hydrogen (secondary N) is 1. The second-order valence-corrected chi connectivity index (χ2v) is 8.12. The monoisotopic (exact) mass is 428 g/mol. The van der Waals surface area contributed by atoms with Crippen molar-refractivity contribution in [1.29, 1.82) is 0 Å². The van der Waals surface area contributed by atoms with Gasteiger partial charge in [-0.25, -0.2) is 4.99 Å². The molecule has 1 aliphatic heterocycles. The van der Waals surface area contributed by atoms with E-state index in [0.717, 1.165) is 29.7 Å². The Labute approximate surface area is 178 Å². The highest BCUT2D eigenvalue weighted by atomic mass is 35.5. The Morgan fingerprint density at radius 3 is 2.79 bits per heavy atom. The summed E-state index contributed by atoms with van der Waals surface area (Å²) in [6.45, 7) is 1.21. The average molecular weight is 429 g/mol. The van der Waals surface area contributed by atoms with Crippen molar-refractivity contribution >= 4 is 45.9 Å². The van der Waals surface area contributed by atoms with Gasteiger partial charge in [0.15, 0.2) is 0 Å². The summed E-state index contributed by atoms with van der Waals surface area (Å²) in [7, 11) is 0. The first-order valence-corrected chi connectivity index (χ1v) is 11.0. The van der Waals surface area contributed by atoms with Crippen LogP contribution >= 0.6 is 23.4 Å². The molecule has 3 aromatic rings. The van der Waals surface area contributed by atoms with Crippen LogP contribution in [0.4, 0.5) is 5.69 Å². The molecule has 1 N–H and O–H groups in total. The van der Waals surface area contributed by atoms with Gasteiger partial charge < -0.3 is 14.5 Å². The Kier molecular flexibility index (Phi) is 6.23. The number of rotatable bonds is 5. The molecule has 0 bridgehead atoms. The fraction of sp³-hybridized carbons (Fsp3) is 0.273. The lowest BCUT2D eigenvalue weighted by Crippen LogP contribution is -2.34. The number of fused-ring (bicyclic) bond motifs is 1. The Bertz CT molecular complexity index is 1090. The smallest absolute Gasteiger partial charge is 0.256 e. The maximum atomic E-state index is 12.9. The molecule has 0 aliphatic carbocycles. The molecule has 0 spiro atoms. The second-order valence-electron chi connectivity index (χ2n) is 6.80. The first kappa shape index (κ1) is 20.0. The van der Waals surface area contributed by atoms with Gasteiger partial charge in [0.1, 0.15) is 11.1 Å². The van der Waals surface area contributed by atoms with Gasteiger partial charge in [-0.05, 0) is 67.6 Å². The summed E-state index contributed by atoms with van der Waals surface area (Å²) < 4.78 is 11.6. The van der Waals surface area contributed by atoms with Crippen molar-refractivity contribution in [2.75, 3.05) is 19.4 Å². The zero-order valence-electron chi connectivity index (χ0n) is 16.0. The molecule has 150 valence electrons. The van der Waals surface area contributed by atoms with Crippen molar-refractivity contribution in [2.24, 2.45) is 4.99 Å². The lowest BCUT2D eigenvalue weighted by Gasteiger charge is -2.11. The van der Waals surface area contributed by atoms with E-state index in [4.69, 9.17) is 20.8 Å². The molecule has 1 unspecified atom stereocenters. The number of halogens is 1. The highest BCUT2D eigenvalue weighted by Crippen LogP contribution is 2.21. The van der Waals surface area contributed by atoms with Gasteiger partial charge in [-0.3, -0.25) is 4.79 Å². The summed E-state index contributed by atoms with van der Waals surface area (Å²) >= 11 is 7.77. The Morgan fingerprint density at radius 1 is 1.24 bits per heavy atom. The van der Waals surface area contributed by atoms with Gasteiger partial charge in [0.25, 0.3) is 5.91 Å². The third-order valence-electron chi connectivity index (χ3n) is 4.77. The summed E-state index contributed by atoms with van der Waals surface area (Å²) in [5.74, 6) is -0.245. The topological polar surface area (TPSA) is 63.8 Å². The molecule has 1 fully saturated rings. The van der Waals surface area contributed by atoms with Crippen LogP contribution in [0.15, 0.2) is 62.8 Å². The maximum absolute atomic E-state index is 12.9. The maximum Gasteiger partial charge on any atom is 0.256 e. The van der Waals surface area contributed by atoms with Gasteiger partial charge in [-0.1, -0.05) is 11.6 Å². The average Bonchev–Trinajstić information content (AvgIpc) is 3.26. The predicted molar refractivity (Wildman–Crippen MR) is 116 cm³/mol. The fourth-order valence-electron chi connectivity index (χ4n) is 3.23. The van der Waals surface area contributed by atoms with Gasteiger partial charge in [0, 0.05) is 28.5 Å². The molecular formula is C22H21ClN2O3S. The van der Waals surface area contributed by atoms with Gasteiger partial charge in [-0.2, -0.15) is 0 Å². The van der Waals surface area contributed by atoms with Crippen LogP contribution in [-0.2, 0) is 4.74 Å². The van der Waals surface area contributed by atoms with Gasteiger partial charge in [-0.15, -0.1) is 11.8 Å². The van der Waals surface area contributed by atoms with E-state index in [1.54, 1.807) is 36.0 Å². The standard InChI is InChI=1S/C22H21ClN2O3S/c1-29-18-7-5-16(6-8-18)25-22-19(21(26)24-13-17-3-2-10-27-17)12-14-11-15(23)4-9-20(14)28-22/h4-9,11-12,17H,2-3,10,13H2,1H3,(H,24,26). The Morgan fingerprint density at radius 2 is 2.07 bits per heavy atom. The van der Waals surface area contributed by atoms with E-state index < -0.39 is 0 Å². The molecule has 1 aliphatic rings. The van der Waals surface area contributed by atoms with Crippen molar-refractivity contribution in [2.45, 2.75) is 23.8 Å². The number of carbonyl (C=O) groups is 1. The first-order valence-electron chi connectivity index (χ1n) is 9.44. The molecule has 1 amide bonds. The van der Waals surface area contributed by atoms with E-state index in [-0.39, 0.29) is 17.6 Å². The van der Waals surface area contributed by atoms with Gasteiger partial charge in [0.2, 0.25) is 5.55 Å². The normalized spacial score (nSPS) is 17.0. The van der Waals surface area contributed by atoms with Crippen LogP contribution < -0.4 is 10.9 Å². The zero-order valence-corrected chi connectivity index (χ0v) is 17.6. The Hall–Kier alpha value is -2.28. The number of benzene rings is 2. The molecule has 1 atom stereocenters. The lowest BCUT2D eigenvalue weighted by molar-refractivity contribution is 0.0854. The summed E-state index contributed by atoms with van der Waals surface area (Å²) in [4.78, 5) is 18.6. The van der Waals surface area contributed by atoms with Crippen LogP contribution in [-0.4, -0.2) is 31.4 Å². The van der Waals surface area contributed by atoms with Crippen molar-refractivity contribution in [3.63, 3.8) is 0 Å². The number of nitrogens with zero attached hydrogens (tertiary/aromatic N) is 1. The lowest BCUT2D eigenvalue weighted by atomic mass is 10.1. The van der Waals surface area contributed by atoms with E-state index >= 15 is 0 Å². The van der Waals surface area contributed by atoms with Crippen molar-refractivity contribution < 1.29 is 13.9 Å². The number of carbonyl (C=O) groups excluding carboxylic acids is 1. The Balaban J connectivity index is 1.73. The summed E-state index contributed by atoms with van der Waals surface area (Å²) in [5.41, 5.74) is 1.96. The minimum atomic E-state index is -0.245. The third-order valence-corrected chi connectivity index (χ3v) is 5.75. The zero-order chi connectivity index (χ0) is 20.2. The summed E-state index contributed by atoms with van der Waals surface area (Å²) in [6.07, 6.45) is 4.06. The number of hydrogen-bond acceptors (Lipinski definition) is 5. The van der Waals surface area contributed by atoms with Crippen molar-refractivity contribution in [3.05, 3.63) is 64.7 Å². The molecule has 5 nitrogen and oxygen atoms in total. The van der Waals surface area contributed by atoms with Gasteiger partial charge in [0.05, 0.1) is 11.8 Å². The second kappa shape index (κ2) is 9.03. The highest BCUT2D eigenvalue weighted by molar-refractivity contribution is 7.98. The van der Waals surface area contributed by atoms with Crippen LogP contribution in [0.2, 0.25) is 5.02 Å². The number of amides is 1. The SMILES string of the molecule is CSc1ccc(N=c2oc3ccc(Cl)cc3cc2C(=O)NCC2CCCO2)cc1. The van der Waals surface area contributed by atoms with Gasteiger partial charge >= 0.3 is 0 Å². The van der Waals surface area contributed by atoms with E-state index in [1.807, 2.05) is 30.5 Å². The number of hydrogen-bond donors (Lipinski definition) is 1. The predicted octanol–water partition coefficient (Wildman–Crippen LogP) is 4.95. The minimum absolute atomic E-state index is 0.0604. The van der Waals surface area contributed by atoms with Crippen molar-refractivity contribution in [3.8, 4) is 0 Å². The molecule has 4 rings (SSSR count). The third kappa shape index (κ3) is 4.83. The summed E-state index contributed by atoms with van der Waals surface area (Å²) in [6, 6.07) is 14.9. The van der Waals surface area contributed by atoms with Crippen LogP contribution in [0.5, 0.6) is 0 Å². The number of thioether (sulfide) groups is 1. The molecule has 2 heterocycles. The first-order chi connectivity index (χ1) is 14.1. The van der Waals surface area contributed by atoms with Crippen LogP contribution in [0.25, 0.3) is 11.0 Å². The molecule has 7 heteroatoms. The van der Waals surface area contributed by atoms with E-state index in [9.17, 15) is 4.79 Å². The molecular weight excluding hydrogens is 408 g/mol. The molecule has 2 aromatic carbocycles. The van der Waals surface area contributed by atoms with E-state index in [0.29, 0.717) is 28.4 Å². The van der Waals surface area contributed by atoms with Crippen LogP contribution in [0.1, 0.15) is 23.2 Å². The van der Waals surface area contributed by atoms with Crippen LogP contribution in [0.3, 0.4) is 0 Å². The highest BCUT2D eigenvalue weighted by Gasteiger charge is 2.18. The largest absolute Gasteiger partial charge is 0.438 e. The van der Waals surface area contributed by atoms with E-state index in [2.05, 4.69) is 10.3 Å². The summed E-state index contributed by atoms with van der Waals surface area (Å²) in [5, 5.41) is 4.27. The fourth-order valence-corrected chi connectivity index (χ4v) is 3.82. The molecule has 1 saturated heterocycles.